The molecule has 0 N–H and O–H groups in total. The summed E-state index contributed by atoms with van der Waals surface area (Å²) in [7, 11) is 0. The molecule has 1 amide bonds. The van der Waals surface area contributed by atoms with Crippen LogP contribution in [-0.4, -0.2) is 17.4 Å². The molecule has 0 fully saturated rings. The van der Waals surface area contributed by atoms with E-state index in [0.29, 0.717) is 13.1 Å². The number of nitrogens with zero attached hydrogens (tertiary/aromatic N) is 1. The average molecular weight is 255 g/mol. The molecule has 1 aromatic carbocycles. The molecule has 1 aromatic heterocycles. The summed E-state index contributed by atoms with van der Waals surface area (Å²) in [6, 6.07) is 11.8. The second-order valence-corrected chi connectivity index (χ2v) is 5.42. The highest BCUT2D eigenvalue weighted by Crippen LogP contribution is 2.27. The molecule has 0 atom stereocenters. The van der Waals surface area contributed by atoms with Crippen molar-refractivity contribution in [2.45, 2.75) is 6.54 Å². The van der Waals surface area contributed by atoms with E-state index in [1.165, 1.54) is 4.88 Å². The lowest BCUT2D eigenvalue weighted by Gasteiger charge is -2.29. The van der Waals surface area contributed by atoms with Gasteiger partial charge < -0.3 is 4.90 Å². The summed E-state index contributed by atoms with van der Waals surface area (Å²) in [5.41, 5.74) is 2.77. The minimum Gasteiger partial charge on any atom is -0.329 e. The first-order valence-electron chi connectivity index (χ1n) is 5.84. The van der Waals surface area contributed by atoms with Crippen molar-refractivity contribution in [3.63, 3.8) is 0 Å². The second-order valence-electron chi connectivity index (χ2n) is 4.39. The molecule has 2 aromatic rings. The van der Waals surface area contributed by atoms with Gasteiger partial charge in [0.05, 0.1) is 6.54 Å². The average Bonchev–Trinajstić information content (AvgIpc) is 2.89. The Morgan fingerprint density at radius 1 is 1.17 bits per heavy atom. The Labute approximate surface area is 110 Å². The molecule has 0 aliphatic carbocycles. The predicted molar refractivity (Wildman–Crippen MR) is 74.5 cm³/mol. The number of amides is 1. The zero-order chi connectivity index (χ0) is 12.5. The molecular formula is C15H13NOS. The van der Waals surface area contributed by atoms with Crippen molar-refractivity contribution >= 4 is 22.8 Å². The van der Waals surface area contributed by atoms with Crippen LogP contribution in [0.4, 0.5) is 0 Å². The van der Waals surface area contributed by atoms with Crippen LogP contribution in [0, 0.1) is 0 Å². The summed E-state index contributed by atoms with van der Waals surface area (Å²) in [4.78, 5) is 15.4. The van der Waals surface area contributed by atoms with Crippen LogP contribution >= 0.6 is 11.3 Å². The van der Waals surface area contributed by atoms with Crippen LogP contribution < -0.4 is 0 Å². The molecule has 3 rings (SSSR count). The van der Waals surface area contributed by atoms with Gasteiger partial charge in [-0.2, -0.15) is 0 Å². The van der Waals surface area contributed by atoms with Crippen molar-refractivity contribution in [1.29, 1.82) is 0 Å². The van der Waals surface area contributed by atoms with Crippen molar-refractivity contribution in [2.75, 3.05) is 6.54 Å². The normalized spacial score (nSPS) is 14.8. The van der Waals surface area contributed by atoms with E-state index in [2.05, 4.69) is 12.6 Å². The highest BCUT2D eigenvalue weighted by atomic mass is 32.1. The molecule has 0 unspecified atom stereocenters. The maximum Gasteiger partial charge on any atom is 0.255 e. The van der Waals surface area contributed by atoms with E-state index in [0.717, 1.165) is 16.7 Å². The highest BCUT2D eigenvalue weighted by molar-refractivity contribution is 7.09. The maximum absolute atomic E-state index is 12.4. The fourth-order valence-corrected chi connectivity index (χ4v) is 2.97. The van der Waals surface area contributed by atoms with Gasteiger partial charge >= 0.3 is 0 Å². The topological polar surface area (TPSA) is 20.3 Å². The van der Waals surface area contributed by atoms with Crippen LogP contribution in [0.5, 0.6) is 0 Å². The van der Waals surface area contributed by atoms with Crippen LogP contribution in [0.2, 0.25) is 0 Å². The van der Waals surface area contributed by atoms with Crippen LogP contribution in [0.25, 0.3) is 5.57 Å². The van der Waals surface area contributed by atoms with Crippen molar-refractivity contribution in [1.82, 2.24) is 4.90 Å². The van der Waals surface area contributed by atoms with Gasteiger partial charge in [0.2, 0.25) is 0 Å². The van der Waals surface area contributed by atoms with Crippen LogP contribution in [0.15, 0.2) is 48.4 Å². The van der Waals surface area contributed by atoms with Gasteiger partial charge in [0.1, 0.15) is 0 Å². The Morgan fingerprint density at radius 3 is 2.67 bits per heavy atom. The van der Waals surface area contributed by atoms with Crippen molar-refractivity contribution in [3.8, 4) is 0 Å². The van der Waals surface area contributed by atoms with Gasteiger partial charge in [0.25, 0.3) is 5.91 Å². The lowest BCUT2D eigenvalue weighted by Crippen LogP contribution is -2.35. The summed E-state index contributed by atoms with van der Waals surface area (Å²) < 4.78 is 0. The maximum atomic E-state index is 12.4. The number of hydrogen-bond acceptors (Lipinski definition) is 2. The van der Waals surface area contributed by atoms with E-state index < -0.39 is 0 Å². The molecular weight excluding hydrogens is 242 g/mol. The zero-order valence-electron chi connectivity index (χ0n) is 9.93. The van der Waals surface area contributed by atoms with Gasteiger partial charge in [-0.15, -0.1) is 11.3 Å². The molecule has 0 saturated carbocycles. The van der Waals surface area contributed by atoms with Gasteiger partial charge in [-0.05, 0) is 28.6 Å². The molecule has 0 bridgehead atoms. The van der Waals surface area contributed by atoms with Crippen molar-refractivity contribution in [3.05, 3.63) is 64.4 Å². The Balaban J connectivity index is 1.92. The fourth-order valence-electron chi connectivity index (χ4n) is 2.25. The van der Waals surface area contributed by atoms with Gasteiger partial charge in [-0.25, -0.2) is 0 Å². The smallest absolute Gasteiger partial charge is 0.255 e. The molecule has 90 valence electrons. The van der Waals surface area contributed by atoms with Crippen LogP contribution in [0.1, 0.15) is 20.8 Å². The SMILES string of the molecule is C=C1CN(Cc2cccs2)C(=O)c2ccccc21. The Hall–Kier alpha value is -1.87. The van der Waals surface area contributed by atoms with Gasteiger partial charge in [0, 0.05) is 17.0 Å². The third-order valence-electron chi connectivity index (χ3n) is 3.13. The van der Waals surface area contributed by atoms with Crippen LogP contribution in [-0.2, 0) is 6.54 Å². The van der Waals surface area contributed by atoms with E-state index in [9.17, 15) is 4.79 Å². The summed E-state index contributed by atoms with van der Waals surface area (Å²) in [5.74, 6) is 0.103. The number of carbonyl (C=O) groups is 1. The molecule has 3 heteroatoms. The van der Waals surface area contributed by atoms with Crippen molar-refractivity contribution < 1.29 is 4.79 Å². The summed E-state index contributed by atoms with van der Waals surface area (Å²) in [6.07, 6.45) is 0. The van der Waals surface area contributed by atoms with Gasteiger partial charge in [0.15, 0.2) is 0 Å². The van der Waals surface area contributed by atoms with Crippen LogP contribution in [0.3, 0.4) is 0 Å². The largest absolute Gasteiger partial charge is 0.329 e. The highest BCUT2D eigenvalue weighted by Gasteiger charge is 2.26. The van der Waals surface area contributed by atoms with Crippen molar-refractivity contribution in [2.24, 2.45) is 0 Å². The fraction of sp³-hybridized carbons (Fsp3) is 0.133. The Kier molecular flexibility index (Phi) is 2.76. The third kappa shape index (κ3) is 1.87. The third-order valence-corrected chi connectivity index (χ3v) is 4.00. The molecule has 1 aliphatic heterocycles. The lowest BCUT2D eigenvalue weighted by atomic mass is 9.95. The Bertz CT molecular complexity index is 601. The van der Waals surface area contributed by atoms with Gasteiger partial charge in [-0.1, -0.05) is 30.8 Å². The molecule has 2 nitrogen and oxygen atoms in total. The monoisotopic (exact) mass is 255 g/mol. The minimum absolute atomic E-state index is 0.103. The number of rotatable bonds is 2. The number of hydrogen-bond donors (Lipinski definition) is 0. The standard InChI is InChI=1S/C15H13NOS/c1-11-9-16(10-12-5-4-8-18-12)15(17)14-7-3-2-6-13(11)14/h2-8H,1,9-10H2. The van der Waals surface area contributed by atoms with Gasteiger partial charge in [-0.3, -0.25) is 4.79 Å². The zero-order valence-corrected chi connectivity index (χ0v) is 10.7. The Morgan fingerprint density at radius 2 is 1.94 bits per heavy atom. The molecule has 1 aliphatic rings. The molecule has 0 radical (unpaired) electrons. The molecule has 0 spiro atoms. The first-order chi connectivity index (χ1) is 8.75. The first-order valence-corrected chi connectivity index (χ1v) is 6.72. The summed E-state index contributed by atoms with van der Waals surface area (Å²) in [5, 5.41) is 2.03. The van der Waals surface area contributed by atoms with E-state index in [-0.39, 0.29) is 5.91 Å². The lowest BCUT2D eigenvalue weighted by molar-refractivity contribution is 0.0759. The summed E-state index contributed by atoms with van der Waals surface area (Å²) >= 11 is 1.68. The van der Waals surface area contributed by atoms with E-state index in [4.69, 9.17) is 0 Å². The minimum atomic E-state index is 0.103. The van der Waals surface area contributed by atoms with E-state index in [1.54, 1.807) is 11.3 Å². The quantitative estimate of drug-likeness (QED) is 0.805. The molecule has 0 saturated heterocycles. The predicted octanol–water partition coefficient (Wildman–Crippen LogP) is 3.42. The summed E-state index contributed by atoms with van der Waals surface area (Å²) in [6.45, 7) is 5.37. The van der Waals surface area contributed by atoms with E-state index in [1.807, 2.05) is 40.6 Å². The molecule has 18 heavy (non-hydrogen) atoms. The number of carbonyl (C=O) groups excluding carboxylic acids is 1. The van der Waals surface area contributed by atoms with E-state index >= 15 is 0 Å². The second kappa shape index (κ2) is 4.42. The number of thiophene rings is 1. The first kappa shape index (κ1) is 11.2. The number of benzene rings is 1. The molecule has 2 heterocycles. The number of fused-ring (bicyclic) bond motifs is 1.